The number of carbonyl (C=O) groups excluding carboxylic acids is 1. The van der Waals surface area contributed by atoms with E-state index in [1.54, 1.807) is 30.9 Å². The van der Waals surface area contributed by atoms with Crippen LogP contribution in [0.25, 0.3) is 0 Å². The molecule has 1 heterocycles. The van der Waals surface area contributed by atoms with Gasteiger partial charge in [0, 0.05) is 31.2 Å². The molecule has 0 bridgehead atoms. The first-order valence-corrected chi connectivity index (χ1v) is 8.78. The highest BCUT2D eigenvalue weighted by Crippen LogP contribution is 2.21. The van der Waals surface area contributed by atoms with Gasteiger partial charge in [-0.3, -0.25) is 4.79 Å². The van der Waals surface area contributed by atoms with E-state index in [4.69, 9.17) is 17.3 Å². The molecule has 22 heavy (non-hydrogen) atoms. The lowest BCUT2D eigenvalue weighted by Gasteiger charge is -2.36. The van der Waals surface area contributed by atoms with Gasteiger partial charge in [0.2, 0.25) is 15.9 Å². The van der Waals surface area contributed by atoms with Crippen LogP contribution in [-0.2, 0) is 14.8 Å². The molecule has 1 amide bonds. The third-order valence-corrected chi connectivity index (χ3v) is 5.64. The number of amides is 1. The Morgan fingerprint density at radius 3 is 2.32 bits per heavy atom. The lowest BCUT2D eigenvalue weighted by atomic mass is 10.1. The van der Waals surface area contributed by atoms with E-state index in [9.17, 15) is 13.2 Å². The number of nitrogens with two attached hydrogens (primary N) is 1. The number of rotatable bonds is 3. The molecule has 2 N–H and O–H groups in total. The Morgan fingerprint density at radius 2 is 1.82 bits per heavy atom. The molecule has 0 radical (unpaired) electrons. The van der Waals surface area contributed by atoms with E-state index in [0.29, 0.717) is 18.1 Å². The number of piperazine rings is 1. The summed E-state index contributed by atoms with van der Waals surface area (Å²) in [5, 5.41) is 0.375. The zero-order chi connectivity index (χ0) is 16.5. The van der Waals surface area contributed by atoms with Crippen LogP contribution in [-0.4, -0.2) is 55.2 Å². The fourth-order valence-electron chi connectivity index (χ4n) is 2.32. The van der Waals surface area contributed by atoms with Crippen LogP contribution in [0.4, 0.5) is 0 Å². The van der Waals surface area contributed by atoms with Gasteiger partial charge in [0.05, 0.1) is 10.4 Å². The van der Waals surface area contributed by atoms with Gasteiger partial charge in [-0.15, -0.1) is 0 Å². The topological polar surface area (TPSA) is 83.7 Å². The molecule has 6 nitrogen and oxygen atoms in total. The lowest BCUT2D eigenvalue weighted by molar-refractivity contribution is -0.137. The normalized spacial score (nSPS) is 17.5. The number of benzene rings is 1. The van der Waals surface area contributed by atoms with Gasteiger partial charge in [0.1, 0.15) is 0 Å². The Kier molecular flexibility index (Phi) is 4.81. The number of nitrogens with zero attached hydrogens (tertiary/aromatic N) is 2. The molecule has 0 spiro atoms. The molecule has 122 valence electrons. The van der Waals surface area contributed by atoms with Gasteiger partial charge >= 0.3 is 0 Å². The van der Waals surface area contributed by atoms with Gasteiger partial charge in [-0.1, -0.05) is 17.7 Å². The predicted molar refractivity (Wildman–Crippen MR) is 85.1 cm³/mol. The standard InChI is InChI=1S/C14H20ClN3O3S/c1-14(2,16)13(19)17-6-8-18(9-7-17)22(20,21)12-5-3-4-11(15)10-12/h3-5,10H,6-9,16H2,1-2H3. The Hall–Kier alpha value is -1.15. The minimum absolute atomic E-state index is 0.166. The van der Waals surface area contributed by atoms with Gasteiger partial charge in [-0.2, -0.15) is 4.31 Å². The SMILES string of the molecule is CC(C)(N)C(=O)N1CCN(S(=O)(=O)c2cccc(Cl)c2)CC1. The van der Waals surface area contributed by atoms with Gasteiger partial charge in [0.15, 0.2) is 0 Å². The first kappa shape index (κ1) is 17.2. The molecule has 0 saturated carbocycles. The second kappa shape index (κ2) is 6.16. The van der Waals surface area contributed by atoms with E-state index in [-0.39, 0.29) is 23.9 Å². The maximum atomic E-state index is 12.6. The van der Waals surface area contributed by atoms with Crippen molar-refractivity contribution in [3.63, 3.8) is 0 Å². The van der Waals surface area contributed by atoms with Crippen molar-refractivity contribution in [1.29, 1.82) is 0 Å². The zero-order valence-electron chi connectivity index (χ0n) is 12.6. The van der Waals surface area contributed by atoms with E-state index in [2.05, 4.69) is 0 Å². The van der Waals surface area contributed by atoms with Gasteiger partial charge in [-0.25, -0.2) is 8.42 Å². The fourth-order valence-corrected chi connectivity index (χ4v) is 4.04. The van der Waals surface area contributed by atoms with Crippen LogP contribution in [0.1, 0.15) is 13.8 Å². The summed E-state index contributed by atoms with van der Waals surface area (Å²) in [6.07, 6.45) is 0. The Bertz CT molecular complexity index is 662. The Labute approximate surface area is 135 Å². The molecule has 0 unspecified atom stereocenters. The zero-order valence-corrected chi connectivity index (χ0v) is 14.2. The molecule has 1 fully saturated rings. The van der Waals surface area contributed by atoms with Crippen molar-refractivity contribution >= 4 is 27.5 Å². The quantitative estimate of drug-likeness (QED) is 0.882. The monoisotopic (exact) mass is 345 g/mol. The van der Waals surface area contributed by atoms with Crippen molar-refractivity contribution in [3.8, 4) is 0 Å². The van der Waals surface area contributed by atoms with Crippen LogP contribution in [0.5, 0.6) is 0 Å². The lowest BCUT2D eigenvalue weighted by Crippen LogP contribution is -2.57. The summed E-state index contributed by atoms with van der Waals surface area (Å²) in [6, 6.07) is 6.17. The first-order valence-electron chi connectivity index (χ1n) is 6.96. The number of carbonyl (C=O) groups is 1. The maximum absolute atomic E-state index is 12.6. The predicted octanol–water partition coefficient (Wildman–Crippen LogP) is 0.910. The Morgan fingerprint density at radius 1 is 1.23 bits per heavy atom. The highest BCUT2D eigenvalue weighted by molar-refractivity contribution is 7.89. The average molecular weight is 346 g/mol. The van der Waals surface area contributed by atoms with E-state index in [1.165, 1.54) is 16.4 Å². The molecular weight excluding hydrogens is 326 g/mol. The summed E-state index contributed by atoms with van der Waals surface area (Å²) in [4.78, 5) is 13.9. The molecule has 1 saturated heterocycles. The van der Waals surface area contributed by atoms with Crippen LogP contribution >= 0.6 is 11.6 Å². The molecule has 1 aromatic carbocycles. The molecule has 2 rings (SSSR count). The minimum atomic E-state index is -3.59. The average Bonchev–Trinajstić information content (AvgIpc) is 2.45. The summed E-state index contributed by atoms with van der Waals surface area (Å²) >= 11 is 5.85. The molecule has 1 aliphatic rings. The molecule has 0 atom stereocenters. The third-order valence-electron chi connectivity index (χ3n) is 3.51. The highest BCUT2D eigenvalue weighted by Gasteiger charge is 2.34. The largest absolute Gasteiger partial charge is 0.338 e. The van der Waals surface area contributed by atoms with Crippen LogP contribution in [0.2, 0.25) is 5.02 Å². The van der Waals surface area contributed by atoms with Crippen molar-refractivity contribution in [2.24, 2.45) is 5.73 Å². The second-order valence-corrected chi connectivity index (χ2v) is 8.25. The third kappa shape index (κ3) is 3.60. The van der Waals surface area contributed by atoms with E-state index >= 15 is 0 Å². The molecule has 0 aliphatic carbocycles. The molecule has 0 aromatic heterocycles. The molecular formula is C14H20ClN3O3S. The first-order chi connectivity index (χ1) is 10.1. The van der Waals surface area contributed by atoms with Gasteiger partial charge < -0.3 is 10.6 Å². The summed E-state index contributed by atoms with van der Waals surface area (Å²) in [5.41, 5.74) is 4.85. The maximum Gasteiger partial charge on any atom is 0.243 e. The summed E-state index contributed by atoms with van der Waals surface area (Å²) in [7, 11) is -3.59. The number of sulfonamides is 1. The summed E-state index contributed by atoms with van der Waals surface area (Å²) in [6.45, 7) is 4.45. The van der Waals surface area contributed by atoms with Crippen molar-refractivity contribution < 1.29 is 13.2 Å². The van der Waals surface area contributed by atoms with Crippen LogP contribution in [0.15, 0.2) is 29.2 Å². The van der Waals surface area contributed by atoms with E-state index < -0.39 is 15.6 Å². The van der Waals surface area contributed by atoms with Crippen molar-refractivity contribution in [2.75, 3.05) is 26.2 Å². The van der Waals surface area contributed by atoms with Crippen molar-refractivity contribution in [3.05, 3.63) is 29.3 Å². The smallest absolute Gasteiger partial charge is 0.243 e. The molecule has 1 aliphatic heterocycles. The Balaban J connectivity index is 2.10. The fraction of sp³-hybridized carbons (Fsp3) is 0.500. The minimum Gasteiger partial charge on any atom is -0.338 e. The van der Waals surface area contributed by atoms with Crippen molar-refractivity contribution in [2.45, 2.75) is 24.3 Å². The number of hydrogen-bond acceptors (Lipinski definition) is 4. The second-order valence-electron chi connectivity index (χ2n) is 5.88. The van der Waals surface area contributed by atoms with Gasteiger partial charge in [-0.05, 0) is 32.0 Å². The number of halogens is 1. The van der Waals surface area contributed by atoms with Crippen LogP contribution in [0, 0.1) is 0 Å². The van der Waals surface area contributed by atoms with Gasteiger partial charge in [0.25, 0.3) is 0 Å². The summed E-state index contributed by atoms with van der Waals surface area (Å²) < 4.78 is 26.5. The van der Waals surface area contributed by atoms with E-state index in [1.807, 2.05) is 0 Å². The van der Waals surface area contributed by atoms with Crippen LogP contribution in [0.3, 0.4) is 0 Å². The highest BCUT2D eigenvalue weighted by atomic mass is 35.5. The molecule has 8 heteroatoms. The van der Waals surface area contributed by atoms with E-state index in [0.717, 1.165) is 0 Å². The van der Waals surface area contributed by atoms with Crippen LogP contribution < -0.4 is 5.73 Å². The number of hydrogen-bond donors (Lipinski definition) is 1. The summed E-state index contributed by atoms with van der Waals surface area (Å²) in [5.74, 6) is -0.174. The molecule has 1 aromatic rings. The van der Waals surface area contributed by atoms with Crippen molar-refractivity contribution in [1.82, 2.24) is 9.21 Å².